The number of fused-ring (bicyclic) bond motifs is 1. The first-order chi connectivity index (χ1) is 25.3. The van der Waals surface area contributed by atoms with E-state index in [4.69, 9.17) is 33.2 Å². The summed E-state index contributed by atoms with van der Waals surface area (Å²) in [5.41, 5.74) is 5.03. The van der Waals surface area contributed by atoms with E-state index in [2.05, 4.69) is 42.2 Å². The van der Waals surface area contributed by atoms with Gasteiger partial charge in [0.25, 0.3) is 0 Å². The summed E-state index contributed by atoms with van der Waals surface area (Å²) in [6.07, 6.45) is 0.0651. The Kier molecular flexibility index (Phi) is 15.2. The highest BCUT2D eigenvalue weighted by Crippen LogP contribution is 2.38. The van der Waals surface area contributed by atoms with Gasteiger partial charge in [-0.1, -0.05) is 67.6 Å². The Hall–Kier alpha value is -4.16. The molecule has 0 spiro atoms. The number of nitrogens with zero attached hydrogens (tertiary/aromatic N) is 2. The molecule has 0 saturated carbocycles. The van der Waals surface area contributed by atoms with Crippen LogP contribution in [-0.4, -0.2) is 96.5 Å². The average Bonchev–Trinajstić information content (AvgIpc) is 3.16. The van der Waals surface area contributed by atoms with Gasteiger partial charge in [-0.05, 0) is 40.8 Å². The van der Waals surface area contributed by atoms with Crippen molar-refractivity contribution in [3.63, 3.8) is 0 Å². The first-order valence-electron chi connectivity index (χ1n) is 18.2. The van der Waals surface area contributed by atoms with Gasteiger partial charge >= 0.3 is 12.1 Å². The fourth-order valence-corrected chi connectivity index (χ4v) is 6.88. The van der Waals surface area contributed by atoms with Crippen molar-refractivity contribution < 1.29 is 42.7 Å². The molecule has 11 nitrogen and oxygen atoms in total. The van der Waals surface area contributed by atoms with Crippen molar-refractivity contribution in [1.82, 2.24) is 4.90 Å². The van der Waals surface area contributed by atoms with E-state index in [1.165, 1.54) is 6.92 Å². The molecule has 0 radical (unpaired) electrons. The number of amides is 1. The molecule has 1 saturated heterocycles. The lowest BCUT2D eigenvalue weighted by atomic mass is 9.78. The van der Waals surface area contributed by atoms with Crippen molar-refractivity contribution in [2.24, 2.45) is 11.8 Å². The van der Waals surface area contributed by atoms with Crippen LogP contribution in [0, 0.1) is 11.8 Å². The number of hydrogen-bond donors (Lipinski definition) is 0. The summed E-state index contributed by atoms with van der Waals surface area (Å²) >= 11 is 0. The van der Waals surface area contributed by atoms with E-state index >= 15 is 0 Å². The largest absolute Gasteiger partial charge is 0.490 e. The molecule has 1 unspecified atom stereocenters. The number of carbonyl (C=O) groups excluding carboxylic acids is 2. The first kappa shape index (κ1) is 39.1. The third-order valence-corrected chi connectivity index (χ3v) is 9.44. The minimum Gasteiger partial charge on any atom is -0.490 e. The molecule has 2 heterocycles. The van der Waals surface area contributed by atoms with Gasteiger partial charge in [-0.2, -0.15) is 0 Å². The van der Waals surface area contributed by atoms with Gasteiger partial charge in [0.1, 0.15) is 19.0 Å². The molecule has 0 aliphatic carbocycles. The van der Waals surface area contributed by atoms with Gasteiger partial charge < -0.3 is 43.0 Å². The van der Waals surface area contributed by atoms with Crippen LogP contribution >= 0.6 is 0 Å². The molecule has 0 N–H and O–H groups in total. The Bertz CT molecular complexity index is 1540. The van der Waals surface area contributed by atoms with Gasteiger partial charge in [0.05, 0.1) is 57.9 Å². The summed E-state index contributed by atoms with van der Waals surface area (Å²) in [4.78, 5) is 29.6. The maximum atomic E-state index is 13.5. The molecule has 282 valence electrons. The van der Waals surface area contributed by atoms with E-state index in [0.29, 0.717) is 58.6 Å². The lowest BCUT2D eigenvalue weighted by molar-refractivity contribution is -0.144. The highest BCUT2D eigenvalue weighted by molar-refractivity contribution is 5.68. The van der Waals surface area contributed by atoms with Crippen LogP contribution in [0.25, 0.3) is 0 Å². The van der Waals surface area contributed by atoms with E-state index in [0.717, 1.165) is 53.2 Å². The van der Waals surface area contributed by atoms with E-state index < -0.39 is 12.2 Å². The highest BCUT2D eigenvalue weighted by Gasteiger charge is 2.41. The molecule has 52 heavy (non-hydrogen) atoms. The molecule has 1 fully saturated rings. The van der Waals surface area contributed by atoms with E-state index in [9.17, 15) is 9.59 Å². The smallest absolute Gasteiger partial charge is 0.410 e. The molecule has 1 amide bonds. The van der Waals surface area contributed by atoms with Crippen LogP contribution in [0.15, 0.2) is 72.8 Å². The zero-order valence-electron chi connectivity index (χ0n) is 31.0. The number of piperidine rings is 1. The maximum absolute atomic E-state index is 13.5. The van der Waals surface area contributed by atoms with Crippen LogP contribution < -0.4 is 9.64 Å². The fraction of sp³-hybridized carbons (Fsp3) is 0.512. The molecule has 3 aromatic carbocycles. The summed E-state index contributed by atoms with van der Waals surface area (Å²) in [6, 6.07) is 24.1. The Morgan fingerprint density at radius 3 is 2.38 bits per heavy atom. The van der Waals surface area contributed by atoms with E-state index in [-0.39, 0.29) is 31.0 Å². The number of likely N-dealkylation sites (tertiary alicyclic amines) is 1. The Morgan fingerprint density at radius 1 is 0.865 bits per heavy atom. The summed E-state index contributed by atoms with van der Waals surface area (Å²) in [5, 5.41) is 0. The van der Waals surface area contributed by atoms with Crippen molar-refractivity contribution in [2.75, 3.05) is 78.3 Å². The monoisotopic (exact) mass is 718 g/mol. The highest BCUT2D eigenvalue weighted by atomic mass is 16.6. The Balaban J connectivity index is 1.36. The SMILES string of the molecule is COCCCN1CCOc2ccc(CO[C@H]3CN(C(=O)OCc4ccccc4)C[C@@H](COC(C)=O)[C@@H]3c3ccc(COCC(C)COC)cc3)cc21. The Labute approximate surface area is 308 Å². The van der Waals surface area contributed by atoms with Crippen molar-refractivity contribution in [3.8, 4) is 5.75 Å². The molecule has 2 aliphatic heterocycles. The van der Waals surface area contributed by atoms with Crippen LogP contribution in [0.3, 0.4) is 0 Å². The number of esters is 1. The van der Waals surface area contributed by atoms with Crippen molar-refractivity contribution in [1.29, 1.82) is 0 Å². The van der Waals surface area contributed by atoms with Gasteiger partial charge in [-0.25, -0.2) is 4.79 Å². The molecular formula is C41H54N2O9. The summed E-state index contributed by atoms with van der Waals surface area (Å²) in [5.74, 6) is 0.378. The second kappa shape index (κ2) is 20.2. The number of ether oxygens (including phenoxy) is 7. The van der Waals surface area contributed by atoms with Gasteiger partial charge in [-0.3, -0.25) is 4.79 Å². The molecule has 2 aliphatic rings. The number of anilines is 1. The van der Waals surface area contributed by atoms with Crippen molar-refractivity contribution >= 4 is 17.7 Å². The van der Waals surface area contributed by atoms with Gasteiger partial charge in [-0.15, -0.1) is 0 Å². The molecule has 3 aromatic rings. The van der Waals surface area contributed by atoms with E-state index in [1.807, 2.05) is 42.5 Å². The second-order valence-corrected chi connectivity index (χ2v) is 13.7. The van der Waals surface area contributed by atoms with Crippen LogP contribution in [0.4, 0.5) is 10.5 Å². The van der Waals surface area contributed by atoms with Gasteiger partial charge in [0, 0.05) is 58.6 Å². The minimum atomic E-state index is -0.434. The average molecular weight is 719 g/mol. The van der Waals surface area contributed by atoms with Crippen LogP contribution in [-0.2, 0) is 53.0 Å². The van der Waals surface area contributed by atoms with Gasteiger partial charge in [0.2, 0.25) is 0 Å². The quantitative estimate of drug-likeness (QED) is 0.111. The second-order valence-electron chi connectivity index (χ2n) is 13.7. The Morgan fingerprint density at radius 2 is 1.63 bits per heavy atom. The summed E-state index contributed by atoms with van der Waals surface area (Å²) < 4.78 is 40.6. The number of rotatable bonds is 18. The minimum absolute atomic E-state index is 0.136. The normalized spacial score (nSPS) is 19.0. The van der Waals surface area contributed by atoms with Crippen LogP contribution in [0.1, 0.15) is 48.4 Å². The fourth-order valence-electron chi connectivity index (χ4n) is 6.88. The maximum Gasteiger partial charge on any atom is 0.410 e. The van der Waals surface area contributed by atoms with Crippen LogP contribution in [0.2, 0.25) is 0 Å². The number of methoxy groups -OCH3 is 2. The lowest BCUT2D eigenvalue weighted by Gasteiger charge is -2.43. The third-order valence-electron chi connectivity index (χ3n) is 9.44. The predicted molar refractivity (Wildman–Crippen MR) is 197 cm³/mol. The molecule has 5 rings (SSSR count). The summed E-state index contributed by atoms with van der Waals surface area (Å²) in [6.45, 7) is 9.51. The number of carbonyl (C=O) groups is 2. The predicted octanol–water partition coefficient (Wildman–Crippen LogP) is 6.22. The number of benzene rings is 3. The molecule has 4 atom stereocenters. The zero-order valence-corrected chi connectivity index (χ0v) is 31.0. The third kappa shape index (κ3) is 11.4. The van der Waals surface area contributed by atoms with Crippen LogP contribution in [0.5, 0.6) is 5.75 Å². The van der Waals surface area contributed by atoms with Crippen molar-refractivity contribution in [3.05, 3.63) is 95.1 Å². The lowest BCUT2D eigenvalue weighted by Crippen LogP contribution is -2.52. The summed E-state index contributed by atoms with van der Waals surface area (Å²) in [7, 11) is 3.41. The standard InChI is InChI=1S/C41H54N2O9/c1-30(24-47-4)25-48-26-33-11-14-35(15-12-33)40-36(29-50-31(2)44)22-43(41(45)52-27-32-9-6-5-7-10-32)23-39(40)51-28-34-13-16-38-37(21-34)42(18-20-49-38)17-8-19-46-3/h5-7,9-16,21,30,36,39-40H,8,17-20,22-29H2,1-4H3/t30?,36-,39-,40-/m0/s1. The topological polar surface area (TPSA) is 105 Å². The zero-order chi connectivity index (χ0) is 36.7. The van der Waals surface area contributed by atoms with E-state index in [1.54, 1.807) is 19.1 Å². The first-order valence-corrected chi connectivity index (χ1v) is 18.2. The molecule has 0 bridgehead atoms. The molecular weight excluding hydrogens is 664 g/mol. The number of hydrogen-bond acceptors (Lipinski definition) is 10. The molecule has 0 aromatic heterocycles. The molecule has 11 heteroatoms. The van der Waals surface area contributed by atoms with Gasteiger partial charge in [0.15, 0.2) is 0 Å². The van der Waals surface area contributed by atoms with Crippen molar-refractivity contribution in [2.45, 2.75) is 52.1 Å².